The second-order valence-corrected chi connectivity index (χ2v) is 5.22. The summed E-state index contributed by atoms with van der Waals surface area (Å²) in [5.41, 5.74) is 1.30. The zero-order valence-corrected chi connectivity index (χ0v) is 12.2. The Hall–Kier alpha value is -1.13. The third-order valence-corrected chi connectivity index (χ3v) is 3.77. The van der Waals surface area contributed by atoms with E-state index in [2.05, 4.69) is 41.2 Å². The Labute approximate surface area is 116 Å². The molecule has 1 aromatic rings. The molecule has 1 fully saturated rings. The molecule has 106 valence electrons. The van der Waals surface area contributed by atoms with E-state index in [-0.39, 0.29) is 0 Å². The number of nitrogens with zero attached hydrogens (tertiary/aromatic N) is 2. The fourth-order valence-electron chi connectivity index (χ4n) is 2.48. The molecule has 2 unspecified atom stereocenters. The van der Waals surface area contributed by atoms with Crippen molar-refractivity contribution in [3.05, 3.63) is 23.9 Å². The van der Waals surface area contributed by atoms with Crippen LogP contribution in [0.5, 0.6) is 0 Å². The van der Waals surface area contributed by atoms with Crippen LogP contribution in [-0.2, 0) is 4.74 Å². The van der Waals surface area contributed by atoms with Gasteiger partial charge in [0.25, 0.3) is 0 Å². The van der Waals surface area contributed by atoms with Crippen LogP contribution in [0.15, 0.2) is 18.3 Å². The van der Waals surface area contributed by atoms with Crippen molar-refractivity contribution < 1.29 is 4.74 Å². The Morgan fingerprint density at radius 3 is 3.11 bits per heavy atom. The van der Waals surface area contributed by atoms with Crippen molar-refractivity contribution in [3.63, 3.8) is 0 Å². The summed E-state index contributed by atoms with van der Waals surface area (Å²) < 4.78 is 5.41. The summed E-state index contributed by atoms with van der Waals surface area (Å²) in [4.78, 5) is 6.81. The van der Waals surface area contributed by atoms with Gasteiger partial charge in [-0.1, -0.05) is 6.92 Å². The van der Waals surface area contributed by atoms with Crippen LogP contribution in [0.4, 0.5) is 5.82 Å². The van der Waals surface area contributed by atoms with E-state index in [1.54, 1.807) is 7.11 Å². The third kappa shape index (κ3) is 3.67. The lowest BCUT2D eigenvalue weighted by Gasteiger charge is -2.20. The van der Waals surface area contributed by atoms with E-state index < -0.39 is 0 Å². The lowest BCUT2D eigenvalue weighted by atomic mass is 10.1. The molecule has 0 bridgehead atoms. The number of hydrogen-bond donors (Lipinski definition) is 1. The molecule has 0 spiro atoms. The molecule has 0 aliphatic carbocycles. The highest BCUT2D eigenvalue weighted by molar-refractivity contribution is 5.43. The van der Waals surface area contributed by atoms with Gasteiger partial charge in [0.05, 0.1) is 6.10 Å². The molecule has 0 aromatic carbocycles. The number of anilines is 1. The van der Waals surface area contributed by atoms with Crippen molar-refractivity contribution in [1.29, 1.82) is 0 Å². The molecule has 4 nitrogen and oxygen atoms in total. The van der Waals surface area contributed by atoms with Gasteiger partial charge in [0.1, 0.15) is 5.82 Å². The SMILES string of the molecule is CCCNC(C)c1ccnc(N2CCC(OC)C2)c1. The molecule has 2 rings (SSSR count). The summed E-state index contributed by atoms with van der Waals surface area (Å²) in [6.07, 6.45) is 4.51. The van der Waals surface area contributed by atoms with Crippen LogP contribution in [0.2, 0.25) is 0 Å². The summed E-state index contributed by atoms with van der Waals surface area (Å²) in [6.45, 7) is 7.42. The van der Waals surface area contributed by atoms with Crippen LogP contribution in [-0.4, -0.2) is 37.8 Å². The zero-order valence-electron chi connectivity index (χ0n) is 12.2. The molecular weight excluding hydrogens is 238 g/mol. The molecule has 1 saturated heterocycles. The molecule has 2 heterocycles. The van der Waals surface area contributed by atoms with Gasteiger partial charge in [0.15, 0.2) is 0 Å². The largest absolute Gasteiger partial charge is 0.380 e. The molecule has 0 saturated carbocycles. The van der Waals surface area contributed by atoms with Gasteiger partial charge in [-0.25, -0.2) is 4.98 Å². The lowest BCUT2D eigenvalue weighted by Crippen LogP contribution is -2.24. The number of ether oxygens (including phenoxy) is 1. The van der Waals surface area contributed by atoms with Crippen LogP contribution >= 0.6 is 0 Å². The molecule has 2 atom stereocenters. The number of hydrogen-bond acceptors (Lipinski definition) is 4. The van der Waals surface area contributed by atoms with E-state index in [1.165, 1.54) is 5.56 Å². The molecule has 0 radical (unpaired) electrons. The van der Waals surface area contributed by atoms with Gasteiger partial charge in [-0.3, -0.25) is 0 Å². The van der Waals surface area contributed by atoms with Crippen LogP contribution in [0, 0.1) is 0 Å². The van der Waals surface area contributed by atoms with Crippen molar-refractivity contribution in [3.8, 4) is 0 Å². The van der Waals surface area contributed by atoms with E-state index in [9.17, 15) is 0 Å². The number of rotatable bonds is 6. The Balaban J connectivity index is 2.03. The van der Waals surface area contributed by atoms with Gasteiger partial charge >= 0.3 is 0 Å². The Morgan fingerprint density at radius 2 is 2.42 bits per heavy atom. The predicted octanol–water partition coefficient (Wildman–Crippen LogP) is 2.37. The smallest absolute Gasteiger partial charge is 0.128 e. The fourth-order valence-corrected chi connectivity index (χ4v) is 2.48. The summed E-state index contributed by atoms with van der Waals surface area (Å²) in [7, 11) is 1.79. The minimum atomic E-state index is 0.348. The standard InChI is InChI=1S/C15H25N3O/c1-4-7-16-12(2)13-5-8-17-15(10-13)18-9-6-14(11-18)19-3/h5,8,10,12,14,16H,4,6-7,9,11H2,1-3H3. The summed E-state index contributed by atoms with van der Waals surface area (Å²) >= 11 is 0. The average molecular weight is 263 g/mol. The quantitative estimate of drug-likeness (QED) is 0.855. The topological polar surface area (TPSA) is 37.4 Å². The van der Waals surface area contributed by atoms with E-state index in [1.807, 2.05) is 6.20 Å². The van der Waals surface area contributed by atoms with E-state index >= 15 is 0 Å². The third-order valence-electron chi connectivity index (χ3n) is 3.77. The van der Waals surface area contributed by atoms with E-state index in [0.717, 1.165) is 38.3 Å². The molecule has 1 aromatic heterocycles. The highest BCUT2D eigenvalue weighted by atomic mass is 16.5. The minimum absolute atomic E-state index is 0.348. The fraction of sp³-hybridized carbons (Fsp3) is 0.667. The highest BCUT2D eigenvalue weighted by Gasteiger charge is 2.23. The molecule has 19 heavy (non-hydrogen) atoms. The normalized spacial score (nSPS) is 20.8. The first-order valence-electron chi connectivity index (χ1n) is 7.21. The molecular formula is C15H25N3O. The van der Waals surface area contributed by atoms with E-state index in [4.69, 9.17) is 4.74 Å². The minimum Gasteiger partial charge on any atom is -0.380 e. The molecule has 1 aliphatic rings. The van der Waals surface area contributed by atoms with Crippen LogP contribution < -0.4 is 10.2 Å². The first-order chi connectivity index (χ1) is 9.24. The Morgan fingerprint density at radius 1 is 1.58 bits per heavy atom. The van der Waals surface area contributed by atoms with Gasteiger partial charge in [-0.15, -0.1) is 0 Å². The summed E-state index contributed by atoms with van der Waals surface area (Å²) in [5.74, 6) is 1.07. The van der Waals surface area contributed by atoms with Crippen molar-refractivity contribution in [1.82, 2.24) is 10.3 Å². The Bertz CT molecular complexity index is 397. The van der Waals surface area contributed by atoms with Crippen molar-refractivity contribution in [2.45, 2.75) is 38.8 Å². The Kier molecular flexibility index (Phi) is 5.16. The monoisotopic (exact) mass is 263 g/mol. The van der Waals surface area contributed by atoms with Gasteiger partial charge < -0.3 is 15.0 Å². The zero-order chi connectivity index (χ0) is 13.7. The number of methoxy groups -OCH3 is 1. The van der Waals surface area contributed by atoms with Gasteiger partial charge in [-0.05, 0) is 44.0 Å². The molecule has 1 aliphatic heterocycles. The molecule has 4 heteroatoms. The van der Waals surface area contributed by atoms with Gasteiger partial charge in [-0.2, -0.15) is 0 Å². The maximum atomic E-state index is 5.41. The second kappa shape index (κ2) is 6.87. The maximum Gasteiger partial charge on any atom is 0.128 e. The highest BCUT2D eigenvalue weighted by Crippen LogP contribution is 2.22. The first kappa shape index (κ1) is 14.3. The van der Waals surface area contributed by atoms with Crippen LogP contribution in [0.3, 0.4) is 0 Å². The van der Waals surface area contributed by atoms with Crippen molar-refractivity contribution in [2.24, 2.45) is 0 Å². The maximum absolute atomic E-state index is 5.41. The lowest BCUT2D eigenvalue weighted by molar-refractivity contribution is 0.121. The number of pyridine rings is 1. The first-order valence-corrected chi connectivity index (χ1v) is 7.21. The number of aromatic nitrogens is 1. The molecule has 1 N–H and O–H groups in total. The van der Waals surface area contributed by atoms with E-state index in [0.29, 0.717) is 12.1 Å². The summed E-state index contributed by atoms with van der Waals surface area (Å²) in [6, 6.07) is 4.68. The summed E-state index contributed by atoms with van der Waals surface area (Å²) in [5, 5.41) is 3.52. The second-order valence-electron chi connectivity index (χ2n) is 5.22. The van der Waals surface area contributed by atoms with Crippen molar-refractivity contribution >= 4 is 5.82 Å². The number of nitrogens with one attached hydrogen (secondary N) is 1. The van der Waals surface area contributed by atoms with Gasteiger partial charge in [0, 0.05) is 32.4 Å². The average Bonchev–Trinajstić information content (AvgIpc) is 2.94. The van der Waals surface area contributed by atoms with Crippen molar-refractivity contribution in [2.75, 3.05) is 31.6 Å². The van der Waals surface area contributed by atoms with Gasteiger partial charge in [0.2, 0.25) is 0 Å². The van der Waals surface area contributed by atoms with Crippen LogP contribution in [0.25, 0.3) is 0 Å². The molecule has 0 amide bonds. The van der Waals surface area contributed by atoms with Crippen LogP contribution in [0.1, 0.15) is 38.3 Å². The predicted molar refractivity (Wildman–Crippen MR) is 78.6 cm³/mol.